The van der Waals surface area contributed by atoms with E-state index in [2.05, 4.69) is 32.9 Å². The highest BCUT2D eigenvalue weighted by Gasteiger charge is 2.30. The van der Waals surface area contributed by atoms with Crippen LogP contribution in [0.2, 0.25) is 0 Å². The van der Waals surface area contributed by atoms with Gasteiger partial charge in [-0.25, -0.2) is 13.1 Å². The summed E-state index contributed by atoms with van der Waals surface area (Å²) in [5.74, 6) is 0. The Morgan fingerprint density at radius 2 is 2.00 bits per heavy atom. The Bertz CT molecular complexity index is 522. The van der Waals surface area contributed by atoms with E-state index in [-0.39, 0.29) is 12.1 Å². The number of likely N-dealkylation sites (N-methyl/N-ethyl adjacent to an activating group) is 1. The highest BCUT2D eigenvalue weighted by Crippen LogP contribution is 2.29. The van der Waals surface area contributed by atoms with Crippen LogP contribution in [0, 0.1) is 0 Å². The molecule has 0 amide bonds. The smallest absolute Gasteiger partial charge is 0.209 e. The second-order valence-electron chi connectivity index (χ2n) is 5.61. The van der Waals surface area contributed by atoms with Gasteiger partial charge >= 0.3 is 0 Å². The minimum absolute atomic E-state index is 0.110. The van der Waals surface area contributed by atoms with E-state index in [4.69, 9.17) is 0 Å². The van der Waals surface area contributed by atoms with Crippen molar-refractivity contribution in [1.29, 1.82) is 0 Å². The van der Waals surface area contributed by atoms with E-state index in [0.29, 0.717) is 0 Å². The Hall–Kier alpha value is -0.470. The molecular formula is C14H25N3O2S2. The Labute approximate surface area is 132 Å². The van der Waals surface area contributed by atoms with Crippen molar-refractivity contribution in [3.63, 3.8) is 0 Å². The van der Waals surface area contributed by atoms with E-state index >= 15 is 0 Å². The molecule has 1 aliphatic heterocycles. The SMILES string of the molecule is CCN1CCN([C@@H](c2cccs2)[C@@H](C)NS(C)(=O)=O)CC1. The minimum Gasteiger partial charge on any atom is -0.301 e. The summed E-state index contributed by atoms with van der Waals surface area (Å²) < 4.78 is 25.9. The number of piperazine rings is 1. The maximum Gasteiger partial charge on any atom is 0.209 e. The summed E-state index contributed by atoms with van der Waals surface area (Å²) in [7, 11) is -3.20. The highest BCUT2D eigenvalue weighted by molar-refractivity contribution is 7.88. The predicted molar refractivity (Wildman–Crippen MR) is 88.2 cm³/mol. The molecule has 1 aromatic rings. The summed E-state index contributed by atoms with van der Waals surface area (Å²) in [6.45, 7) is 9.26. The van der Waals surface area contributed by atoms with Crippen molar-refractivity contribution in [3.8, 4) is 0 Å². The van der Waals surface area contributed by atoms with Crippen LogP contribution in [0.25, 0.3) is 0 Å². The zero-order chi connectivity index (χ0) is 15.5. The summed E-state index contributed by atoms with van der Waals surface area (Å²) in [6, 6.07) is 4.11. The van der Waals surface area contributed by atoms with Crippen LogP contribution >= 0.6 is 11.3 Å². The van der Waals surface area contributed by atoms with Crippen molar-refractivity contribution in [1.82, 2.24) is 14.5 Å². The molecule has 0 saturated carbocycles. The average Bonchev–Trinajstić information content (AvgIpc) is 2.91. The fourth-order valence-corrected chi connectivity index (χ4v) is 4.73. The van der Waals surface area contributed by atoms with Crippen molar-refractivity contribution in [3.05, 3.63) is 22.4 Å². The molecule has 0 aliphatic carbocycles. The minimum atomic E-state index is -3.20. The number of sulfonamides is 1. The van der Waals surface area contributed by atoms with Crippen LogP contribution in [0.1, 0.15) is 24.8 Å². The lowest BCUT2D eigenvalue weighted by atomic mass is 10.1. The number of hydrogen-bond donors (Lipinski definition) is 1. The van der Waals surface area contributed by atoms with Crippen LogP contribution in [0.4, 0.5) is 0 Å². The van der Waals surface area contributed by atoms with Gasteiger partial charge in [-0.15, -0.1) is 11.3 Å². The predicted octanol–water partition coefficient (Wildman–Crippen LogP) is 1.36. The van der Waals surface area contributed by atoms with E-state index in [1.165, 1.54) is 11.1 Å². The van der Waals surface area contributed by atoms with Crippen LogP contribution in [0.15, 0.2) is 17.5 Å². The first-order valence-corrected chi connectivity index (χ1v) is 10.1. The van der Waals surface area contributed by atoms with Crippen LogP contribution in [0.3, 0.4) is 0 Å². The van der Waals surface area contributed by atoms with Crippen LogP contribution < -0.4 is 4.72 Å². The third-order valence-electron chi connectivity index (χ3n) is 3.96. The van der Waals surface area contributed by atoms with E-state index in [1.54, 1.807) is 11.3 Å². The molecule has 0 radical (unpaired) electrons. The van der Waals surface area contributed by atoms with Gasteiger partial charge in [0.1, 0.15) is 0 Å². The third kappa shape index (κ3) is 4.75. The topological polar surface area (TPSA) is 52.6 Å². The highest BCUT2D eigenvalue weighted by atomic mass is 32.2. The zero-order valence-corrected chi connectivity index (χ0v) is 14.6. The number of rotatable bonds is 6. The standard InChI is InChI=1S/C14H25N3O2S2/c1-4-16-7-9-17(10-8-16)14(13-6-5-11-20-13)12(2)15-21(3,18)19/h5-6,11-12,14-15H,4,7-10H2,1-3H3/t12-,14-/m1/s1. The molecule has 0 bridgehead atoms. The van der Waals surface area contributed by atoms with Gasteiger partial charge in [-0.05, 0) is 24.9 Å². The van der Waals surface area contributed by atoms with Crippen LogP contribution in [-0.2, 0) is 10.0 Å². The van der Waals surface area contributed by atoms with E-state index in [0.717, 1.165) is 32.7 Å². The van der Waals surface area contributed by atoms with Gasteiger partial charge in [0.25, 0.3) is 0 Å². The average molecular weight is 332 g/mol. The first-order valence-electron chi connectivity index (χ1n) is 7.38. The third-order valence-corrected chi connectivity index (χ3v) is 5.70. The molecule has 1 aliphatic rings. The Morgan fingerprint density at radius 3 is 2.48 bits per heavy atom. The van der Waals surface area contributed by atoms with Gasteiger partial charge in [0.2, 0.25) is 10.0 Å². The van der Waals surface area contributed by atoms with E-state index < -0.39 is 10.0 Å². The summed E-state index contributed by atoms with van der Waals surface area (Å²) in [5.41, 5.74) is 0. The number of nitrogens with zero attached hydrogens (tertiary/aromatic N) is 2. The summed E-state index contributed by atoms with van der Waals surface area (Å²) in [6.07, 6.45) is 1.23. The molecule has 1 saturated heterocycles. The van der Waals surface area contributed by atoms with Gasteiger partial charge in [0, 0.05) is 37.1 Å². The quantitative estimate of drug-likeness (QED) is 0.855. The van der Waals surface area contributed by atoms with E-state index in [9.17, 15) is 8.42 Å². The molecule has 1 N–H and O–H groups in total. The second-order valence-corrected chi connectivity index (χ2v) is 8.37. The van der Waals surface area contributed by atoms with Gasteiger partial charge < -0.3 is 4.90 Å². The lowest BCUT2D eigenvalue weighted by molar-refractivity contribution is 0.0888. The lowest BCUT2D eigenvalue weighted by Gasteiger charge is -2.41. The lowest BCUT2D eigenvalue weighted by Crippen LogP contribution is -2.52. The molecule has 2 atom stereocenters. The Balaban J connectivity index is 2.14. The van der Waals surface area contributed by atoms with Gasteiger partial charge in [-0.2, -0.15) is 0 Å². The molecule has 1 aromatic heterocycles. The summed E-state index contributed by atoms with van der Waals surface area (Å²) in [4.78, 5) is 6.06. The molecule has 0 unspecified atom stereocenters. The molecule has 21 heavy (non-hydrogen) atoms. The molecular weight excluding hydrogens is 306 g/mol. The van der Waals surface area contributed by atoms with Gasteiger partial charge in [-0.1, -0.05) is 13.0 Å². The molecule has 5 nitrogen and oxygen atoms in total. The molecule has 2 heterocycles. The van der Waals surface area contributed by atoms with E-state index in [1.807, 2.05) is 13.0 Å². The van der Waals surface area contributed by atoms with Crippen molar-refractivity contribution < 1.29 is 8.42 Å². The first-order chi connectivity index (χ1) is 9.90. The fraction of sp³-hybridized carbons (Fsp3) is 0.714. The first kappa shape index (κ1) is 16.9. The van der Waals surface area contributed by atoms with Crippen molar-refractivity contribution >= 4 is 21.4 Å². The summed E-state index contributed by atoms with van der Waals surface area (Å²) in [5, 5.41) is 2.05. The molecule has 1 fully saturated rings. The number of nitrogens with one attached hydrogen (secondary N) is 1. The van der Waals surface area contributed by atoms with Crippen molar-refractivity contribution in [2.24, 2.45) is 0 Å². The summed E-state index contributed by atoms with van der Waals surface area (Å²) >= 11 is 1.70. The van der Waals surface area contributed by atoms with Crippen LogP contribution in [0.5, 0.6) is 0 Å². The number of hydrogen-bond acceptors (Lipinski definition) is 5. The van der Waals surface area contributed by atoms with Gasteiger partial charge in [0.05, 0.1) is 12.3 Å². The van der Waals surface area contributed by atoms with Crippen LogP contribution in [-0.4, -0.2) is 63.2 Å². The van der Waals surface area contributed by atoms with Crippen molar-refractivity contribution in [2.75, 3.05) is 39.0 Å². The Kier molecular flexibility index (Phi) is 5.79. The monoisotopic (exact) mass is 331 g/mol. The molecule has 0 aromatic carbocycles. The van der Waals surface area contributed by atoms with Gasteiger partial charge in [-0.3, -0.25) is 4.90 Å². The Morgan fingerprint density at radius 1 is 1.33 bits per heavy atom. The fourth-order valence-electron chi connectivity index (χ4n) is 2.96. The zero-order valence-electron chi connectivity index (χ0n) is 12.9. The maximum absolute atomic E-state index is 11.6. The molecule has 2 rings (SSSR count). The molecule has 0 spiro atoms. The normalized spacial score (nSPS) is 21.3. The largest absolute Gasteiger partial charge is 0.301 e. The molecule has 7 heteroatoms. The molecule has 120 valence electrons. The van der Waals surface area contributed by atoms with Crippen molar-refractivity contribution in [2.45, 2.75) is 25.9 Å². The maximum atomic E-state index is 11.6. The van der Waals surface area contributed by atoms with Gasteiger partial charge in [0.15, 0.2) is 0 Å². The second kappa shape index (κ2) is 7.19. The number of thiophene rings is 1.